The van der Waals surface area contributed by atoms with E-state index >= 15 is 0 Å². The molecule has 0 unspecified atom stereocenters. The first-order valence-electron chi connectivity index (χ1n) is 4.89. The van der Waals surface area contributed by atoms with Crippen LogP contribution in [0.1, 0.15) is 11.1 Å². The summed E-state index contributed by atoms with van der Waals surface area (Å²) >= 11 is 16.5. The molecule has 2 aromatic rings. The Labute approximate surface area is 112 Å². The molecule has 0 heterocycles. The van der Waals surface area contributed by atoms with Crippen molar-refractivity contribution in [3.05, 3.63) is 58.1 Å². The van der Waals surface area contributed by atoms with E-state index in [0.29, 0.717) is 0 Å². The van der Waals surface area contributed by atoms with Crippen LogP contribution in [0.2, 0.25) is 0 Å². The number of hydrogen-bond donors (Lipinski definition) is 0. The molecule has 3 heteroatoms. The summed E-state index contributed by atoms with van der Waals surface area (Å²) in [6.45, 7) is 0. The highest BCUT2D eigenvalue weighted by Crippen LogP contribution is 2.55. The van der Waals surface area contributed by atoms with E-state index < -0.39 is 4.33 Å². The van der Waals surface area contributed by atoms with Gasteiger partial charge in [0, 0.05) is 15.6 Å². The third kappa shape index (κ3) is 1.29. The second-order valence-corrected chi connectivity index (χ2v) is 5.96. The number of fused-ring (bicyclic) bond motifs is 3. The molecule has 0 amide bonds. The van der Waals surface area contributed by atoms with Gasteiger partial charge in [-0.1, -0.05) is 75.5 Å². The predicted molar refractivity (Wildman–Crippen MR) is 72.1 cm³/mol. The van der Waals surface area contributed by atoms with Crippen molar-refractivity contribution in [1.29, 1.82) is 0 Å². The molecule has 0 aliphatic heterocycles. The van der Waals surface area contributed by atoms with Gasteiger partial charge in [0.05, 0.1) is 0 Å². The van der Waals surface area contributed by atoms with Crippen molar-refractivity contribution >= 4 is 39.1 Å². The normalized spacial score (nSPS) is 15.7. The van der Waals surface area contributed by atoms with E-state index in [1.807, 2.05) is 42.5 Å². The maximum atomic E-state index is 6.47. The van der Waals surface area contributed by atoms with E-state index in [1.165, 1.54) is 0 Å². The standard InChI is InChI=1S/C13H7BrCl2/c14-11-7-3-5-9-8-4-1-2-6-10(8)13(15,16)12(9)11/h1-7H. The van der Waals surface area contributed by atoms with Crippen molar-refractivity contribution in [3.63, 3.8) is 0 Å². The lowest BCUT2D eigenvalue weighted by Gasteiger charge is -2.16. The van der Waals surface area contributed by atoms with Crippen molar-refractivity contribution in [2.24, 2.45) is 0 Å². The first kappa shape index (κ1) is 10.6. The molecular weight excluding hydrogens is 307 g/mol. The second kappa shape index (κ2) is 3.49. The molecule has 0 saturated carbocycles. The smallest absolute Gasteiger partial charge is 0.0908 e. The van der Waals surface area contributed by atoms with Crippen molar-refractivity contribution in [2.45, 2.75) is 4.33 Å². The highest BCUT2D eigenvalue weighted by molar-refractivity contribution is 9.10. The first-order valence-corrected chi connectivity index (χ1v) is 6.44. The molecule has 1 aliphatic rings. The Balaban J connectivity index is 2.44. The molecule has 0 nitrogen and oxygen atoms in total. The Morgan fingerprint density at radius 2 is 1.56 bits per heavy atom. The minimum Gasteiger partial charge on any atom is -0.0908 e. The number of alkyl halides is 2. The van der Waals surface area contributed by atoms with Gasteiger partial charge in [-0.05, 0) is 17.2 Å². The summed E-state index contributed by atoms with van der Waals surface area (Å²) in [6, 6.07) is 14.0. The average Bonchev–Trinajstić information content (AvgIpc) is 2.50. The zero-order valence-corrected chi connectivity index (χ0v) is 11.3. The third-order valence-electron chi connectivity index (χ3n) is 2.88. The molecule has 0 atom stereocenters. The fraction of sp³-hybridized carbons (Fsp3) is 0.0769. The summed E-state index contributed by atoms with van der Waals surface area (Å²) in [5.41, 5.74) is 4.12. The van der Waals surface area contributed by atoms with Crippen molar-refractivity contribution in [1.82, 2.24) is 0 Å². The van der Waals surface area contributed by atoms with Gasteiger partial charge in [-0.15, -0.1) is 0 Å². The molecule has 0 fully saturated rings. The first-order chi connectivity index (χ1) is 7.62. The highest BCUT2D eigenvalue weighted by atomic mass is 79.9. The minimum absolute atomic E-state index is 0.944. The molecule has 0 radical (unpaired) electrons. The van der Waals surface area contributed by atoms with Crippen molar-refractivity contribution < 1.29 is 0 Å². The van der Waals surface area contributed by atoms with Crippen LogP contribution in [0.15, 0.2) is 46.9 Å². The molecule has 0 spiro atoms. The zero-order chi connectivity index (χ0) is 11.3. The van der Waals surface area contributed by atoms with Gasteiger partial charge in [0.2, 0.25) is 0 Å². The molecule has 16 heavy (non-hydrogen) atoms. The summed E-state index contributed by atoms with van der Waals surface area (Å²) in [7, 11) is 0. The highest BCUT2D eigenvalue weighted by Gasteiger charge is 2.41. The van der Waals surface area contributed by atoms with Crippen LogP contribution in [-0.2, 0) is 4.33 Å². The minimum atomic E-state index is -0.952. The maximum Gasteiger partial charge on any atom is 0.170 e. The van der Waals surface area contributed by atoms with Crippen LogP contribution in [0.25, 0.3) is 11.1 Å². The van der Waals surface area contributed by atoms with Crippen molar-refractivity contribution in [2.75, 3.05) is 0 Å². The Bertz CT molecular complexity index is 576. The zero-order valence-electron chi connectivity index (χ0n) is 8.18. The fourth-order valence-corrected chi connectivity index (χ4v) is 3.82. The van der Waals surface area contributed by atoms with E-state index in [-0.39, 0.29) is 0 Å². The summed E-state index contributed by atoms with van der Waals surface area (Å²) in [5.74, 6) is 0. The van der Waals surface area contributed by atoms with Gasteiger partial charge in [0.25, 0.3) is 0 Å². The Hall–Kier alpha value is -0.500. The lowest BCUT2D eigenvalue weighted by Crippen LogP contribution is -2.08. The summed E-state index contributed by atoms with van der Waals surface area (Å²) in [6.07, 6.45) is 0. The largest absolute Gasteiger partial charge is 0.170 e. The van der Waals surface area contributed by atoms with Crippen LogP contribution in [0.4, 0.5) is 0 Å². The predicted octanol–water partition coefficient (Wildman–Crippen LogP) is 5.11. The molecular formula is C13H7BrCl2. The van der Waals surface area contributed by atoms with Gasteiger partial charge < -0.3 is 0 Å². The van der Waals surface area contributed by atoms with Gasteiger partial charge in [-0.25, -0.2) is 0 Å². The van der Waals surface area contributed by atoms with Crippen LogP contribution < -0.4 is 0 Å². The van der Waals surface area contributed by atoms with Gasteiger partial charge in [0.1, 0.15) is 0 Å². The van der Waals surface area contributed by atoms with Crippen LogP contribution >= 0.6 is 39.1 Å². The van der Waals surface area contributed by atoms with Gasteiger partial charge in [-0.2, -0.15) is 0 Å². The van der Waals surface area contributed by atoms with E-state index in [1.54, 1.807) is 0 Å². The van der Waals surface area contributed by atoms with E-state index in [2.05, 4.69) is 15.9 Å². The Morgan fingerprint density at radius 1 is 0.875 bits per heavy atom. The molecule has 0 aromatic heterocycles. The molecule has 0 N–H and O–H groups in total. The van der Waals surface area contributed by atoms with E-state index in [4.69, 9.17) is 23.2 Å². The van der Waals surface area contributed by atoms with Crippen LogP contribution in [0, 0.1) is 0 Å². The lowest BCUT2D eigenvalue weighted by atomic mass is 10.1. The lowest BCUT2D eigenvalue weighted by molar-refractivity contribution is 1.08. The van der Waals surface area contributed by atoms with Crippen molar-refractivity contribution in [3.8, 4) is 11.1 Å². The fourth-order valence-electron chi connectivity index (χ4n) is 2.19. The average molecular weight is 314 g/mol. The molecule has 2 aromatic carbocycles. The molecule has 1 aliphatic carbocycles. The quantitative estimate of drug-likeness (QED) is 0.593. The summed E-state index contributed by atoms with van der Waals surface area (Å²) in [4.78, 5) is 0. The summed E-state index contributed by atoms with van der Waals surface area (Å²) < 4.78 is -0.00218. The molecule has 0 saturated heterocycles. The van der Waals surface area contributed by atoms with Crippen LogP contribution in [0.3, 0.4) is 0 Å². The topological polar surface area (TPSA) is 0 Å². The molecule has 0 bridgehead atoms. The van der Waals surface area contributed by atoms with E-state index in [0.717, 1.165) is 26.7 Å². The number of benzene rings is 2. The monoisotopic (exact) mass is 312 g/mol. The number of hydrogen-bond acceptors (Lipinski definition) is 0. The number of halogens is 3. The Morgan fingerprint density at radius 3 is 2.38 bits per heavy atom. The van der Waals surface area contributed by atoms with Gasteiger partial charge in [-0.3, -0.25) is 0 Å². The number of rotatable bonds is 0. The van der Waals surface area contributed by atoms with Crippen LogP contribution in [0.5, 0.6) is 0 Å². The van der Waals surface area contributed by atoms with Gasteiger partial charge in [0.15, 0.2) is 4.33 Å². The maximum absolute atomic E-state index is 6.47. The molecule has 3 rings (SSSR count). The summed E-state index contributed by atoms with van der Waals surface area (Å²) in [5, 5.41) is 0. The second-order valence-electron chi connectivity index (χ2n) is 3.78. The Kier molecular flexibility index (Phi) is 2.32. The SMILES string of the molecule is ClC1(Cl)c2ccccc2-c2cccc(Br)c21. The third-order valence-corrected chi connectivity index (χ3v) is 4.33. The molecule has 80 valence electrons. The van der Waals surface area contributed by atoms with E-state index in [9.17, 15) is 0 Å². The van der Waals surface area contributed by atoms with Gasteiger partial charge >= 0.3 is 0 Å². The van der Waals surface area contributed by atoms with Crippen LogP contribution in [-0.4, -0.2) is 0 Å².